The highest BCUT2D eigenvalue weighted by molar-refractivity contribution is 5.96. The summed E-state index contributed by atoms with van der Waals surface area (Å²) in [6.07, 6.45) is 0. The van der Waals surface area contributed by atoms with Gasteiger partial charge in [0.05, 0.1) is 18.4 Å². The van der Waals surface area contributed by atoms with Crippen molar-refractivity contribution in [3.63, 3.8) is 0 Å². The minimum absolute atomic E-state index is 0.0539. The summed E-state index contributed by atoms with van der Waals surface area (Å²) in [6.45, 7) is 1.11. The van der Waals surface area contributed by atoms with Crippen LogP contribution in [0, 0.1) is 12.7 Å². The summed E-state index contributed by atoms with van der Waals surface area (Å²) < 4.78 is 23.4. The number of halogens is 1. The zero-order valence-electron chi connectivity index (χ0n) is 12.8. The van der Waals surface area contributed by atoms with E-state index in [-0.39, 0.29) is 5.56 Å². The van der Waals surface area contributed by atoms with Crippen molar-refractivity contribution in [2.45, 2.75) is 6.92 Å². The number of carbonyl (C=O) groups excluding carboxylic acids is 2. The predicted octanol–water partition coefficient (Wildman–Crippen LogP) is 2.94. The molecule has 0 unspecified atom stereocenters. The molecule has 0 spiro atoms. The standard InChI is InChI=1S/C17H16FNO4/c1-11-7-8-12(9-13(11)18)17(21)23-10-16(20)19-14-5-3-4-6-15(14)22-2/h3-9H,10H2,1-2H3,(H,19,20). The smallest absolute Gasteiger partial charge is 0.338 e. The molecule has 1 amide bonds. The Morgan fingerprint density at radius 1 is 1.17 bits per heavy atom. The number of nitrogens with one attached hydrogen (secondary N) is 1. The van der Waals surface area contributed by atoms with Gasteiger partial charge >= 0.3 is 5.97 Å². The number of aryl methyl sites for hydroxylation is 1. The van der Waals surface area contributed by atoms with Crippen molar-refractivity contribution in [2.24, 2.45) is 0 Å². The number of para-hydroxylation sites is 2. The van der Waals surface area contributed by atoms with Gasteiger partial charge in [-0.1, -0.05) is 18.2 Å². The summed E-state index contributed by atoms with van der Waals surface area (Å²) in [7, 11) is 1.48. The molecule has 0 heterocycles. The molecule has 23 heavy (non-hydrogen) atoms. The van der Waals surface area contributed by atoms with Crippen LogP contribution in [0.2, 0.25) is 0 Å². The van der Waals surface area contributed by atoms with Crippen LogP contribution < -0.4 is 10.1 Å². The van der Waals surface area contributed by atoms with Gasteiger partial charge in [-0.15, -0.1) is 0 Å². The highest BCUT2D eigenvalue weighted by Gasteiger charge is 2.13. The van der Waals surface area contributed by atoms with Crippen molar-refractivity contribution >= 4 is 17.6 Å². The summed E-state index contributed by atoms with van der Waals surface area (Å²) in [6, 6.07) is 10.8. The first-order valence-corrected chi connectivity index (χ1v) is 6.87. The molecule has 5 nitrogen and oxygen atoms in total. The van der Waals surface area contributed by atoms with Gasteiger partial charge in [-0.05, 0) is 36.8 Å². The molecule has 1 N–H and O–H groups in total. The molecule has 0 fully saturated rings. The van der Waals surface area contributed by atoms with E-state index in [0.29, 0.717) is 17.0 Å². The van der Waals surface area contributed by atoms with E-state index in [2.05, 4.69) is 5.32 Å². The maximum absolute atomic E-state index is 13.4. The molecule has 0 atom stereocenters. The van der Waals surface area contributed by atoms with Crippen LogP contribution in [0.1, 0.15) is 15.9 Å². The second kappa shape index (κ2) is 7.40. The first kappa shape index (κ1) is 16.5. The van der Waals surface area contributed by atoms with E-state index in [9.17, 15) is 14.0 Å². The van der Waals surface area contributed by atoms with Crippen LogP contribution in [0.5, 0.6) is 5.75 Å². The number of hydrogen-bond acceptors (Lipinski definition) is 4. The normalized spacial score (nSPS) is 10.0. The van der Waals surface area contributed by atoms with Gasteiger partial charge in [0.25, 0.3) is 5.91 Å². The van der Waals surface area contributed by atoms with Gasteiger partial charge in [0.15, 0.2) is 6.61 Å². The number of rotatable bonds is 5. The van der Waals surface area contributed by atoms with Gasteiger partial charge < -0.3 is 14.8 Å². The summed E-state index contributed by atoms with van der Waals surface area (Å²) in [5.74, 6) is -1.29. The number of methoxy groups -OCH3 is 1. The molecule has 2 aromatic rings. The molecule has 0 saturated heterocycles. The van der Waals surface area contributed by atoms with E-state index < -0.39 is 24.3 Å². The molecule has 2 aromatic carbocycles. The number of carbonyl (C=O) groups is 2. The topological polar surface area (TPSA) is 64.6 Å². The molecule has 0 aliphatic heterocycles. The van der Waals surface area contributed by atoms with Crippen LogP contribution >= 0.6 is 0 Å². The van der Waals surface area contributed by atoms with Crippen LogP contribution in [0.3, 0.4) is 0 Å². The average molecular weight is 317 g/mol. The minimum atomic E-state index is -0.765. The first-order chi connectivity index (χ1) is 11.0. The molecular formula is C17H16FNO4. The van der Waals surface area contributed by atoms with Gasteiger partial charge in [0.1, 0.15) is 11.6 Å². The van der Waals surface area contributed by atoms with Crippen molar-refractivity contribution in [2.75, 3.05) is 19.0 Å². The Hall–Kier alpha value is -2.89. The Balaban J connectivity index is 1.93. The largest absolute Gasteiger partial charge is 0.495 e. The van der Waals surface area contributed by atoms with Crippen LogP contribution in [-0.4, -0.2) is 25.6 Å². The molecule has 120 valence electrons. The fraction of sp³-hybridized carbons (Fsp3) is 0.176. The monoisotopic (exact) mass is 317 g/mol. The number of hydrogen-bond donors (Lipinski definition) is 1. The lowest BCUT2D eigenvalue weighted by atomic mass is 10.1. The number of esters is 1. The van der Waals surface area contributed by atoms with E-state index in [1.807, 2.05) is 0 Å². The summed E-state index contributed by atoms with van der Waals surface area (Å²) in [5.41, 5.74) is 0.950. The molecule has 0 aliphatic rings. The van der Waals surface area contributed by atoms with E-state index in [0.717, 1.165) is 6.07 Å². The number of anilines is 1. The fourth-order valence-corrected chi connectivity index (χ4v) is 1.87. The van der Waals surface area contributed by atoms with Crippen LogP contribution in [0.25, 0.3) is 0 Å². The average Bonchev–Trinajstić information content (AvgIpc) is 2.55. The van der Waals surface area contributed by atoms with Gasteiger partial charge in [-0.3, -0.25) is 4.79 Å². The molecule has 2 rings (SSSR count). The van der Waals surface area contributed by atoms with E-state index in [1.54, 1.807) is 31.2 Å². The third-order valence-corrected chi connectivity index (χ3v) is 3.12. The highest BCUT2D eigenvalue weighted by atomic mass is 19.1. The fourth-order valence-electron chi connectivity index (χ4n) is 1.87. The molecule has 0 aromatic heterocycles. The van der Waals surface area contributed by atoms with Crippen molar-refractivity contribution in [3.05, 3.63) is 59.4 Å². The third-order valence-electron chi connectivity index (χ3n) is 3.12. The lowest BCUT2D eigenvalue weighted by Gasteiger charge is -2.10. The SMILES string of the molecule is COc1ccccc1NC(=O)COC(=O)c1ccc(C)c(F)c1. The van der Waals surface area contributed by atoms with Gasteiger partial charge in [-0.25, -0.2) is 9.18 Å². The Kier molecular flexibility index (Phi) is 5.30. The Morgan fingerprint density at radius 2 is 1.91 bits per heavy atom. The summed E-state index contributed by atoms with van der Waals surface area (Å²) in [5, 5.41) is 2.57. The predicted molar refractivity (Wildman–Crippen MR) is 83.0 cm³/mol. The lowest BCUT2D eigenvalue weighted by Crippen LogP contribution is -2.21. The quantitative estimate of drug-likeness (QED) is 0.861. The van der Waals surface area contributed by atoms with Crippen molar-refractivity contribution in [1.82, 2.24) is 0 Å². The second-order valence-electron chi connectivity index (χ2n) is 4.79. The Morgan fingerprint density at radius 3 is 2.61 bits per heavy atom. The zero-order valence-corrected chi connectivity index (χ0v) is 12.8. The Bertz CT molecular complexity index is 730. The lowest BCUT2D eigenvalue weighted by molar-refractivity contribution is -0.119. The number of amides is 1. The summed E-state index contributed by atoms with van der Waals surface area (Å²) >= 11 is 0. The zero-order chi connectivity index (χ0) is 16.8. The molecule has 0 radical (unpaired) electrons. The minimum Gasteiger partial charge on any atom is -0.495 e. The maximum Gasteiger partial charge on any atom is 0.338 e. The molecule has 0 aliphatic carbocycles. The molecule has 0 bridgehead atoms. The van der Waals surface area contributed by atoms with E-state index in [4.69, 9.17) is 9.47 Å². The first-order valence-electron chi connectivity index (χ1n) is 6.87. The van der Waals surface area contributed by atoms with E-state index >= 15 is 0 Å². The molecule has 6 heteroatoms. The van der Waals surface area contributed by atoms with Gasteiger partial charge in [0.2, 0.25) is 0 Å². The second-order valence-corrected chi connectivity index (χ2v) is 4.79. The number of ether oxygens (including phenoxy) is 2. The third kappa shape index (κ3) is 4.29. The number of benzene rings is 2. The molecular weight excluding hydrogens is 301 g/mol. The maximum atomic E-state index is 13.4. The van der Waals surface area contributed by atoms with Crippen molar-refractivity contribution in [1.29, 1.82) is 0 Å². The van der Waals surface area contributed by atoms with Gasteiger partial charge in [0, 0.05) is 0 Å². The molecule has 0 saturated carbocycles. The highest BCUT2D eigenvalue weighted by Crippen LogP contribution is 2.22. The van der Waals surface area contributed by atoms with Crippen LogP contribution in [0.4, 0.5) is 10.1 Å². The van der Waals surface area contributed by atoms with Crippen LogP contribution in [0.15, 0.2) is 42.5 Å². The van der Waals surface area contributed by atoms with Crippen molar-refractivity contribution < 1.29 is 23.5 Å². The van der Waals surface area contributed by atoms with Gasteiger partial charge in [-0.2, -0.15) is 0 Å². The van der Waals surface area contributed by atoms with Crippen molar-refractivity contribution in [3.8, 4) is 5.75 Å². The van der Waals surface area contributed by atoms with Crippen LogP contribution in [-0.2, 0) is 9.53 Å². The van der Waals surface area contributed by atoms with E-state index in [1.165, 1.54) is 19.2 Å². The Labute approximate surface area is 133 Å². The summed E-state index contributed by atoms with van der Waals surface area (Å²) in [4.78, 5) is 23.6.